The van der Waals surface area contributed by atoms with Gasteiger partial charge < -0.3 is 4.74 Å². The monoisotopic (exact) mass is 252 g/mol. The van der Waals surface area contributed by atoms with Crippen molar-refractivity contribution in [2.24, 2.45) is 0 Å². The SMILES string of the molecule is O=C(CCCC1CCCO1)C1CN2CCN1CC2. The van der Waals surface area contributed by atoms with Gasteiger partial charge in [-0.15, -0.1) is 0 Å². The molecular formula is C14H24N2O2. The lowest BCUT2D eigenvalue weighted by Crippen LogP contribution is -2.63. The molecule has 2 atom stereocenters. The maximum absolute atomic E-state index is 12.3. The third-order valence-corrected chi connectivity index (χ3v) is 4.62. The molecule has 102 valence electrons. The molecule has 0 aliphatic carbocycles. The summed E-state index contributed by atoms with van der Waals surface area (Å²) < 4.78 is 5.60. The van der Waals surface area contributed by atoms with Crippen molar-refractivity contribution in [2.75, 3.05) is 39.3 Å². The minimum atomic E-state index is 0.192. The minimum Gasteiger partial charge on any atom is -0.378 e. The van der Waals surface area contributed by atoms with E-state index in [-0.39, 0.29) is 6.04 Å². The molecule has 4 nitrogen and oxygen atoms in total. The molecule has 4 aliphatic heterocycles. The van der Waals surface area contributed by atoms with E-state index < -0.39 is 0 Å². The Morgan fingerprint density at radius 2 is 2.06 bits per heavy atom. The van der Waals surface area contributed by atoms with Gasteiger partial charge in [0.05, 0.1) is 12.1 Å². The lowest BCUT2D eigenvalue weighted by atomic mass is 9.98. The summed E-state index contributed by atoms with van der Waals surface area (Å²) in [5.41, 5.74) is 0. The predicted octanol–water partition coefficient (Wildman–Crippen LogP) is 0.905. The van der Waals surface area contributed by atoms with Crippen molar-refractivity contribution >= 4 is 5.78 Å². The second kappa shape index (κ2) is 5.68. The number of hydrogen-bond donors (Lipinski definition) is 0. The zero-order valence-electron chi connectivity index (χ0n) is 11.1. The van der Waals surface area contributed by atoms with Gasteiger partial charge in [0.15, 0.2) is 5.78 Å². The molecule has 0 saturated carbocycles. The van der Waals surface area contributed by atoms with Gasteiger partial charge in [0.1, 0.15) is 0 Å². The fraction of sp³-hybridized carbons (Fsp3) is 0.929. The lowest BCUT2D eigenvalue weighted by molar-refractivity contribution is -0.129. The average molecular weight is 252 g/mol. The van der Waals surface area contributed by atoms with Gasteiger partial charge in [-0.1, -0.05) is 0 Å². The average Bonchev–Trinajstić information content (AvgIpc) is 2.93. The minimum absolute atomic E-state index is 0.192. The van der Waals surface area contributed by atoms with Crippen molar-refractivity contribution in [3.8, 4) is 0 Å². The van der Waals surface area contributed by atoms with E-state index in [4.69, 9.17) is 4.74 Å². The summed E-state index contributed by atoms with van der Waals surface area (Å²) in [5.74, 6) is 0.456. The number of carbonyl (C=O) groups excluding carboxylic acids is 1. The van der Waals surface area contributed by atoms with E-state index in [0.717, 1.165) is 58.6 Å². The predicted molar refractivity (Wildman–Crippen MR) is 69.6 cm³/mol. The molecular weight excluding hydrogens is 228 g/mol. The summed E-state index contributed by atoms with van der Waals surface area (Å²) in [4.78, 5) is 17.1. The van der Waals surface area contributed by atoms with Crippen LogP contribution in [0.5, 0.6) is 0 Å². The molecule has 4 heterocycles. The number of fused-ring (bicyclic) bond motifs is 3. The topological polar surface area (TPSA) is 32.8 Å². The smallest absolute Gasteiger partial charge is 0.151 e. The van der Waals surface area contributed by atoms with Gasteiger partial charge in [-0.3, -0.25) is 14.6 Å². The van der Waals surface area contributed by atoms with Crippen LogP contribution in [0.15, 0.2) is 0 Å². The van der Waals surface area contributed by atoms with Crippen molar-refractivity contribution in [3.05, 3.63) is 0 Å². The standard InChI is InChI=1S/C14H24N2O2/c17-14(5-1-3-12-4-2-10-18-12)13-11-15-6-8-16(13)9-7-15/h12-13H,1-11H2. The first-order valence-corrected chi connectivity index (χ1v) is 7.43. The van der Waals surface area contributed by atoms with Crippen LogP contribution in [0.25, 0.3) is 0 Å². The second-order valence-corrected chi connectivity index (χ2v) is 5.85. The summed E-state index contributed by atoms with van der Waals surface area (Å²) in [6, 6.07) is 0.192. The van der Waals surface area contributed by atoms with Crippen LogP contribution in [0, 0.1) is 0 Å². The van der Waals surface area contributed by atoms with Gasteiger partial charge >= 0.3 is 0 Å². The van der Waals surface area contributed by atoms with E-state index in [0.29, 0.717) is 11.9 Å². The number of Topliss-reactive ketones (excluding diaryl/α,β-unsaturated/α-hetero) is 1. The van der Waals surface area contributed by atoms with Crippen molar-refractivity contribution in [1.29, 1.82) is 0 Å². The summed E-state index contributed by atoms with van der Waals surface area (Å²) in [6.07, 6.45) is 5.65. The maximum atomic E-state index is 12.3. The molecule has 0 N–H and O–H groups in total. The fourth-order valence-corrected chi connectivity index (χ4v) is 3.47. The Morgan fingerprint density at radius 1 is 1.22 bits per heavy atom. The van der Waals surface area contributed by atoms with Crippen LogP contribution in [0.1, 0.15) is 32.1 Å². The summed E-state index contributed by atoms with van der Waals surface area (Å²) in [5, 5.41) is 0. The molecule has 0 aromatic carbocycles. The van der Waals surface area contributed by atoms with E-state index in [1.807, 2.05) is 0 Å². The second-order valence-electron chi connectivity index (χ2n) is 5.85. The van der Waals surface area contributed by atoms with Crippen LogP contribution in [-0.4, -0.2) is 67.1 Å². The van der Waals surface area contributed by atoms with Gasteiger partial charge in [0.25, 0.3) is 0 Å². The third kappa shape index (κ3) is 2.76. The molecule has 4 aliphatic rings. The van der Waals surface area contributed by atoms with E-state index >= 15 is 0 Å². The Bertz CT molecular complexity index is 294. The van der Waals surface area contributed by atoms with Crippen LogP contribution in [0.2, 0.25) is 0 Å². The number of rotatable bonds is 5. The van der Waals surface area contributed by atoms with Crippen molar-refractivity contribution in [1.82, 2.24) is 9.80 Å². The Hall–Kier alpha value is -0.450. The quantitative estimate of drug-likeness (QED) is 0.728. The number of piperazine rings is 3. The van der Waals surface area contributed by atoms with Gasteiger partial charge in [0.2, 0.25) is 0 Å². The molecule has 2 unspecified atom stereocenters. The van der Waals surface area contributed by atoms with Crippen LogP contribution in [0.4, 0.5) is 0 Å². The van der Waals surface area contributed by atoms with Crippen molar-refractivity contribution in [3.63, 3.8) is 0 Å². The van der Waals surface area contributed by atoms with Gasteiger partial charge in [-0.25, -0.2) is 0 Å². The summed E-state index contributed by atoms with van der Waals surface area (Å²) in [7, 11) is 0. The molecule has 4 rings (SSSR count). The number of ether oxygens (including phenoxy) is 1. The number of ketones is 1. The van der Waals surface area contributed by atoms with Gasteiger partial charge in [0, 0.05) is 45.8 Å². The highest BCUT2D eigenvalue weighted by atomic mass is 16.5. The highest BCUT2D eigenvalue weighted by molar-refractivity contribution is 5.84. The first-order chi connectivity index (χ1) is 8.83. The van der Waals surface area contributed by atoms with Crippen LogP contribution in [-0.2, 0) is 9.53 Å². The Kier molecular flexibility index (Phi) is 3.97. The third-order valence-electron chi connectivity index (χ3n) is 4.62. The van der Waals surface area contributed by atoms with Crippen LogP contribution >= 0.6 is 0 Å². The summed E-state index contributed by atoms with van der Waals surface area (Å²) >= 11 is 0. The molecule has 4 saturated heterocycles. The molecule has 0 amide bonds. The largest absolute Gasteiger partial charge is 0.378 e. The Balaban J connectivity index is 1.41. The highest BCUT2D eigenvalue weighted by Gasteiger charge is 2.35. The normalized spacial score (nSPS) is 39.1. The fourth-order valence-electron chi connectivity index (χ4n) is 3.47. The van der Waals surface area contributed by atoms with Crippen molar-refractivity contribution in [2.45, 2.75) is 44.2 Å². The van der Waals surface area contributed by atoms with E-state index in [1.165, 1.54) is 12.8 Å². The van der Waals surface area contributed by atoms with E-state index in [9.17, 15) is 4.79 Å². The van der Waals surface area contributed by atoms with Crippen LogP contribution in [0.3, 0.4) is 0 Å². The molecule has 0 aromatic rings. The molecule has 2 bridgehead atoms. The van der Waals surface area contributed by atoms with Crippen molar-refractivity contribution < 1.29 is 9.53 Å². The van der Waals surface area contributed by atoms with Gasteiger partial charge in [-0.2, -0.15) is 0 Å². The van der Waals surface area contributed by atoms with Crippen LogP contribution < -0.4 is 0 Å². The summed E-state index contributed by atoms with van der Waals surface area (Å²) in [6.45, 7) is 6.37. The zero-order chi connectivity index (χ0) is 12.4. The zero-order valence-corrected chi connectivity index (χ0v) is 11.1. The maximum Gasteiger partial charge on any atom is 0.151 e. The first-order valence-electron chi connectivity index (χ1n) is 7.43. The van der Waals surface area contributed by atoms with E-state index in [2.05, 4.69) is 9.80 Å². The molecule has 4 heteroatoms. The highest BCUT2D eigenvalue weighted by Crippen LogP contribution is 2.21. The molecule has 0 aromatic heterocycles. The molecule has 18 heavy (non-hydrogen) atoms. The first kappa shape index (κ1) is 12.6. The Morgan fingerprint density at radius 3 is 2.67 bits per heavy atom. The number of nitrogens with zero attached hydrogens (tertiary/aromatic N) is 2. The lowest BCUT2D eigenvalue weighted by Gasteiger charge is -2.46. The molecule has 4 fully saturated rings. The Labute approximate surface area is 109 Å². The number of hydrogen-bond acceptors (Lipinski definition) is 4. The molecule has 0 radical (unpaired) electrons. The van der Waals surface area contributed by atoms with E-state index in [1.54, 1.807) is 0 Å². The van der Waals surface area contributed by atoms with Gasteiger partial charge in [-0.05, 0) is 25.7 Å². The number of carbonyl (C=O) groups is 1. The molecule has 0 spiro atoms.